The van der Waals surface area contributed by atoms with E-state index in [2.05, 4.69) is 33.8 Å². The first-order valence-electron chi connectivity index (χ1n) is 7.70. The first-order valence-corrected chi connectivity index (χ1v) is 8.58. The van der Waals surface area contributed by atoms with E-state index in [0.29, 0.717) is 18.1 Å². The molecule has 0 spiro atoms. The van der Waals surface area contributed by atoms with Crippen LogP contribution in [0.25, 0.3) is 0 Å². The highest BCUT2D eigenvalue weighted by Gasteiger charge is 2.41. The van der Waals surface area contributed by atoms with Crippen molar-refractivity contribution < 1.29 is 4.74 Å². The van der Waals surface area contributed by atoms with Crippen molar-refractivity contribution in [2.75, 3.05) is 37.7 Å². The number of nitrogens with zero attached hydrogens (tertiary/aromatic N) is 4. The number of ether oxygens (including phenoxy) is 1. The van der Waals surface area contributed by atoms with Crippen LogP contribution in [0.4, 0.5) is 5.13 Å². The summed E-state index contributed by atoms with van der Waals surface area (Å²) in [6.07, 6.45) is 2.86. The number of piperidine rings is 1. The molecule has 3 atom stereocenters. The maximum atomic E-state index is 6.14. The molecule has 0 saturated carbocycles. The molecular formula is C14H24N4OS. The van der Waals surface area contributed by atoms with E-state index < -0.39 is 0 Å². The molecule has 2 saturated heterocycles. The van der Waals surface area contributed by atoms with E-state index in [4.69, 9.17) is 4.74 Å². The first kappa shape index (κ1) is 14.2. The second kappa shape index (κ2) is 6.37. The molecular weight excluding hydrogens is 272 g/mol. The summed E-state index contributed by atoms with van der Waals surface area (Å²) in [5, 5.41) is 9.31. The molecule has 0 aliphatic carbocycles. The van der Waals surface area contributed by atoms with Crippen molar-refractivity contribution in [1.82, 2.24) is 15.1 Å². The SMILES string of the molecule is CCN(CC)[C@@H]1CN(c2nncs2)C[C@@H]2CCCO[C@@H]21. The molecule has 0 radical (unpaired) electrons. The van der Waals surface area contributed by atoms with Gasteiger partial charge in [-0.05, 0) is 25.9 Å². The Morgan fingerprint density at radius 2 is 2.25 bits per heavy atom. The van der Waals surface area contributed by atoms with Crippen LogP contribution in [0.1, 0.15) is 26.7 Å². The van der Waals surface area contributed by atoms with Gasteiger partial charge in [-0.2, -0.15) is 0 Å². The van der Waals surface area contributed by atoms with E-state index in [1.165, 1.54) is 12.8 Å². The average Bonchev–Trinajstić information content (AvgIpc) is 3.02. The number of fused-ring (bicyclic) bond motifs is 1. The van der Waals surface area contributed by atoms with E-state index in [1.807, 2.05) is 5.51 Å². The third-order valence-corrected chi connectivity index (χ3v) is 5.39. The van der Waals surface area contributed by atoms with Gasteiger partial charge in [0.15, 0.2) is 0 Å². The standard InChI is InChI=1S/C14H24N4OS/c1-3-17(4-2)12-9-18(14-16-15-10-20-14)8-11-6-5-7-19-13(11)12/h10-13H,3-9H2,1-2H3/t11-,12+,13-/m0/s1. The van der Waals surface area contributed by atoms with Gasteiger partial charge in [-0.15, -0.1) is 10.2 Å². The zero-order valence-electron chi connectivity index (χ0n) is 12.4. The van der Waals surface area contributed by atoms with Gasteiger partial charge in [0.1, 0.15) is 5.51 Å². The highest BCUT2D eigenvalue weighted by Crippen LogP contribution is 2.33. The van der Waals surface area contributed by atoms with Crippen molar-refractivity contribution in [1.29, 1.82) is 0 Å². The van der Waals surface area contributed by atoms with Crippen LogP contribution in [0.5, 0.6) is 0 Å². The number of hydrogen-bond donors (Lipinski definition) is 0. The minimum absolute atomic E-state index is 0.396. The fraction of sp³-hybridized carbons (Fsp3) is 0.857. The summed E-state index contributed by atoms with van der Waals surface area (Å²) in [6, 6.07) is 0.480. The summed E-state index contributed by atoms with van der Waals surface area (Å²) in [5.74, 6) is 0.631. The third-order valence-electron chi connectivity index (χ3n) is 4.64. The summed E-state index contributed by atoms with van der Waals surface area (Å²) in [4.78, 5) is 4.95. The number of anilines is 1. The lowest BCUT2D eigenvalue weighted by molar-refractivity contribution is -0.0814. The quantitative estimate of drug-likeness (QED) is 0.848. The Morgan fingerprint density at radius 3 is 2.95 bits per heavy atom. The summed E-state index contributed by atoms with van der Waals surface area (Å²) < 4.78 is 6.14. The number of rotatable bonds is 4. The van der Waals surface area contributed by atoms with Crippen molar-refractivity contribution >= 4 is 16.5 Å². The Hall–Kier alpha value is -0.720. The molecule has 0 N–H and O–H groups in total. The molecule has 1 aromatic rings. The van der Waals surface area contributed by atoms with Crippen molar-refractivity contribution in [2.24, 2.45) is 5.92 Å². The van der Waals surface area contributed by atoms with Crippen LogP contribution in [-0.4, -0.2) is 60.0 Å². The Morgan fingerprint density at radius 1 is 1.40 bits per heavy atom. The van der Waals surface area contributed by atoms with Gasteiger partial charge in [0, 0.05) is 25.6 Å². The zero-order valence-corrected chi connectivity index (χ0v) is 13.2. The molecule has 0 unspecified atom stereocenters. The van der Waals surface area contributed by atoms with Gasteiger partial charge in [0.25, 0.3) is 0 Å². The summed E-state index contributed by atoms with van der Waals surface area (Å²) in [6.45, 7) is 9.65. The average molecular weight is 296 g/mol. The first-order chi connectivity index (χ1) is 9.83. The normalized spacial score (nSPS) is 30.6. The molecule has 20 heavy (non-hydrogen) atoms. The lowest BCUT2D eigenvalue weighted by atomic mass is 9.85. The maximum Gasteiger partial charge on any atom is 0.208 e. The fourth-order valence-electron chi connectivity index (χ4n) is 3.65. The number of hydrogen-bond acceptors (Lipinski definition) is 6. The Kier molecular flexibility index (Phi) is 4.53. The monoisotopic (exact) mass is 296 g/mol. The molecule has 2 aliphatic rings. The smallest absolute Gasteiger partial charge is 0.208 e. The molecule has 0 amide bonds. The zero-order chi connectivity index (χ0) is 13.9. The van der Waals surface area contributed by atoms with E-state index in [9.17, 15) is 0 Å². The number of likely N-dealkylation sites (N-methyl/N-ethyl adjacent to an activating group) is 1. The molecule has 3 rings (SSSR count). The van der Waals surface area contributed by atoms with Gasteiger partial charge >= 0.3 is 0 Å². The van der Waals surface area contributed by atoms with Gasteiger partial charge in [0.2, 0.25) is 5.13 Å². The highest BCUT2D eigenvalue weighted by molar-refractivity contribution is 7.13. The molecule has 2 fully saturated rings. The van der Waals surface area contributed by atoms with Crippen molar-refractivity contribution in [3.63, 3.8) is 0 Å². The minimum atomic E-state index is 0.396. The van der Waals surface area contributed by atoms with Crippen molar-refractivity contribution in [3.8, 4) is 0 Å². The topological polar surface area (TPSA) is 41.5 Å². The molecule has 0 bridgehead atoms. The Labute approximate surface area is 124 Å². The molecule has 2 aliphatic heterocycles. The molecule has 3 heterocycles. The van der Waals surface area contributed by atoms with Crippen LogP contribution in [-0.2, 0) is 4.74 Å². The molecule has 112 valence electrons. The van der Waals surface area contributed by atoms with E-state index in [0.717, 1.165) is 37.9 Å². The van der Waals surface area contributed by atoms with Crippen LogP contribution in [0.3, 0.4) is 0 Å². The summed E-state index contributed by atoms with van der Waals surface area (Å²) in [7, 11) is 0. The van der Waals surface area contributed by atoms with Crippen LogP contribution in [0.2, 0.25) is 0 Å². The molecule has 5 nitrogen and oxygen atoms in total. The second-order valence-corrected chi connectivity index (χ2v) is 6.46. The van der Waals surface area contributed by atoms with E-state index in [-0.39, 0.29) is 0 Å². The van der Waals surface area contributed by atoms with Crippen LogP contribution in [0, 0.1) is 5.92 Å². The van der Waals surface area contributed by atoms with Gasteiger partial charge < -0.3 is 9.64 Å². The van der Waals surface area contributed by atoms with Gasteiger partial charge in [-0.3, -0.25) is 4.90 Å². The van der Waals surface area contributed by atoms with Crippen LogP contribution in [0.15, 0.2) is 5.51 Å². The van der Waals surface area contributed by atoms with Crippen LogP contribution >= 0.6 is 11.3 Å². The maximum absolute atomic E-state index is 6.14. The second-order valence-electron chi connectivity index (χ2n) is 5.65. The van der Waals surface area contributed by atoms with Gasteiger partial charge in [-0.25, -0.2) is 0 Å². The summed E-state index contributed by atoms with van der Waals surface area (Å²) in [5.41, 5.74) is 1.82. The number of aromatic nitrogens is 2. The molecule has 1 aromatic heterocycles. The predicted molar refractivity (Wildman–Crippen MR) is 81.3 cm³/mol. The summed E-state index contributed by atoms with van der Waals surface area (Å²) >= 11 is 1.64. The lowest BCUT2D eigenvalue weighted by Gasteiger charge is -2.49. The van der Waals surface area contributed by atoms with Crippen LogP contribution < -0.4 is 4.90 Å². The Bertz CT molecular complexity index is 409. The van der Waals surface area contributed by atoms with Gasteiger partial charge in [-0.1, -0.05) is 25.2 Å². The predicted octanol–water partition coefficient (Wildman–Crippen LogP) is 1.86. The largest absolute Gasteiger partial charge is 0.376 e. The Balaban J connectivity index is 1.81. The lowest BCUT2D eigenvalue weighted by Crippen LogP contribution is -2.61. The molecule has 0 aromatic carbocycles. The van der Waals surface area contributed by atoms with E-state index in [1.54, 1.807) is 11.3 Å². The minimum Gasteiger partial charge on any atom is -0.376 e. The highest BCUT2D eigenvalue weighted by atomic mass is 32.1. The van der Waals surface area contributed by atoms with Gasteiger partial charge in [0.05, 0.1) is 12.1 Å². The fourth-order valence-corrected chi connectivity index (χ4v) is 4.23. The van der Waals surface area contributed by atoms with E-state index >= 15 is 0 Å². The third kappa shape index (κ3) is 2.69. The molecule has 6 heteroatoms. The van der Waals surface area contributed by atoms with Crippen molar-refractivity contribution in [3.05, 3.63) is 5.51 Å². The van der Waals surface area contributed by atoms with Crippen molar-refractivity contribution in [2.45, 2.75) is 38.8 Å².